The Labute approximate surface area is 124 Å². The van der Waals surface area contributed by atoms with Gasteiger partial charge >= 0.3 is 0 Å². The molecule has 1 saturated heterocycles. The summed E-state index contributed by atoms with van der Waals surface area (Å²) in [4.78, 5) is 14.9. The molecule has 0 spiro atoms. The number of aryl methyl sites for hydroxylation is 3. The van der Waals surface area contributed by atoms with E-state index in [-0.39, 0.29) is 0 Å². The average molecular weight is 287 g/mol. The number of hydrogen-bond donors (Lipinski definition) is 0. The van der Waals surface area contributed by atoms with E-state index in [9.17, 15) is 0 Å². The summed E-state index contributed by atoms with van der Waals surface area (Å²) in [5, 5.41) is 1.38. The minimum absolute atomic E-state index is 0.609. The lowest BCUT2D eigenvalue weighted by atomic mass is 10.0. The van der Waals surface area contributed by atoms with Gasteiger partial charge in [0, 0.05) is 17.5 Å². The first kappa shape index (κ1) is 12.6. The summed E-state index contributed by atoms with van der Waals surface area (Å²) >= 11 is 1.90. The van der Waals surface area contributed by atoms with Gasteiger partial charge in [0.05, 0.1) is 5.39 Å². The zero-order valence-electron chi connectivity index (χ0n) is 12.3. The van der Waals surface area contributed by atoms with E-state index < -0.39 is 0 Å². The predicted octanol–water partition coefficient (Wildman–Crippen LogP) is 3.87. The molecular weight excluding hydrogens is 266 g/mol. The van der Waals surface area contributed by atoms with Crippen molar-refractivity contribution in [1.29, 1.82) is 0 Å². The van der Waals surface area contributed by atoms with E-state index in [1.165, 1.54) is 54.6 Å². The Bertz CT molecular complexity index is 661. The highest BCUT2D eigenvalue weighted by Crippen LogP contribution is 2.41. The Morgan fingerprint density at radius 1 is 1.15 bits per heavy atom. The third-order valence-electron chi connectivity index (χ3n) is 4.73. The van der Waals surface area contributed by atoms with E-state index in [1.807, 2.05) is 18.3 Å². The van der Waals surface area contributed by atoms with Crippen LogP contribution in [-0.4, -0.2) is 22.6 Å². The van der Waals surface area contributed by atoms with Crippen molar-refractivity contribution in [3.63, 3.8) is 0 Å². The molecule has 2 aromatic heterocycles. The zero-order chi connectivity index (χ0) is 13.7. The molecule has 0 saturated carbocycles. The van der Waals surface area contributed by atoms with Crippen LogP contribution in [0.25, 0.3) is 10.2 Å². The molecule has 2 aliphatic rings. The van der Waals surface area contributed by atoms with Crippen LogP contribution in [0.5, 0.6) is 0 Å². The number of aromatic nitrogens is 2. The van der Waals surface area contributed by atoms with Crippen molar-refractivity contribution in [1.82, 2.24) is 9.97 Å². The molecular formula is C16H21N3S. The van der Waals surface area contributed by atoms with E-state index in [0.29, 0.717) is 6.04 Å². The largest absolute Gasteiger partial charge is 0.353 e. The average Bonchev–Trinajstić information content (AvgIpc) is 2.98. The number of hydrogen-bond acceptors (Lipinski definition) is 4. The molecule has 106 valence electrons. The van der Waals surface area contributed by atoms with Gasteiger partial charge in [-0.3, -0.25) is 0 Å². The van der Waals surface area contributed by atoms with Crippen molar-refractivity contribution >= 4 is 27.4 Å². The molecule has 1 fully saturated rings. The van der Waals surface area contributed by atoms with Crippen LogP contribution in [0.2, 0.25) is 0 Å². The maximum Gasteiger partial charge on any atom is 0.141 e. The van der Waals surface area contributed by atoms with E-state index in [2.05, 4.69) is 11.8 Å². The Balaban J connectivity index is 1.93. The number of fused-ring (bicyclic) bond motifs is 3. The van der Waals surface area contributed by atoms with E-state index in [1.54, 1.807) is 10.4 Å². The monoisotopic (exact) mass is 287 g/mol. The minimum Gasteiger partial charge on any atom is -0.353 e. The minimum atomic E-state index is 0.609. The molecule has 0 unspecified atom stereocenters. The van der Waals surface area contributed by atoms with Gasteiger partial charge in [-0.15, -0.1) is 11.3 Å². The second-order valence-electron chi connectivity index (χ2n) is 6.17. The molecule has 0 aromatic carbocycles. The maximum atomic E-state index is 4.85. The third-order valence-corrected chi connectivity index (χ3v) is 5.92. The van der Waals surface area contributed by atoms with Crippen LogP contribution in [0.4, 0.5) is 5.82 Å². The van der Waals surface area contributed by atoms with Gasteiger partial charge in [0.2, 0.25) is 0 Å². The standard InChI is InChI=1S/C16H21N3S/c1-10-6-3-4-9-19(10)15-14-12-7-5-8-13(12)20-16(14)18-11(2)17-15/h10H,3-9H2,1-2H3/t10-/m0/s1. The maximum absolute atomic E-state index is 4.85. The van der Waals surface area contributed by atoms with Gasteiger partial charge < -0.3 is 4.90 Å². The zero-order valence-corrected chi connectivity index (χ0v) is 13.1. The molecule has 0 amide bonds. The summed E-state index contributed by atoms with van der Waals surface area (Å²) in [5.41, 5.74) is 1.55. The fourth-order valence-electron chi connectivity index (χ4n) is 3.70. The van der Waals surface area contributed by atoms with E-state index in [4.69, 9.17) is 9.97 Å². The van der Waals surface area contributed by atoms with Gasteiger partial charge in [-0.1, -0.05) is 0 Å². The summed E-state index contributed by atoms with van der Waals surface area (Å²) in [6, 6.07) is 0.609. The summed E-state index contributed by atoms with van der Waals surface area (Å²) in [6.07, 6.45) is 7.70. The molecule has 1 aliphatic carbocycles. The van der Waals surface area contributed by atoms with Crippen LogP contribution in [-0.2, 0) is 12.8 Å². The second kappa shape index (κ2) is 4.69. The predicted molar refractivity (Wildman–Crippen MR) is 84.8 cm³/mol. The van der Waals surface area contributed by atoms with Crippen LogP contribution >= 0.6 is 11.3 Å². The summed E-state index contributed by atoms with van der Waals surface area (Å²) in [6.45, 7) is 5.52. The molecule has 3 nitrogen and oxygen atoms in total. The Morgan fingerprint density at radius 3 is 2.90 bits per heavy atom. The lowest BCUT2D eigenvalue weighted by Gasteiger charge is -2.35. The highest BCUT2D eigenvalue weighted by Gasteiger charge is 2.27. The molecule has 0 N–H and O–H groups in total. The summed E-state index contributed by atoms with van der Waals surface area (Å²) in [7, 11) is 0. The van der Waals surface area contributed by atoms with Gasteiger partial charge in [-0.2, -0.15) is 0 Å². The highest BCUT2D eigenvalue weighted by atomic mass is 32.1. The Morgan fingerprint density at radius 2 is 2.05 bits per heavy atom. The second-order valence-corrected chi connectivity index (χ2v) is 7.25. The SMILES string of the molecule is Cc1nc(N2CCCC[C@@H]2C)c2c3c(sc2n1)CCC3. The molecule has 0 bridgehead atoms. The van der Waals surface area contributed by atoms with Crippen molar-refractivity contribution in [3.05, 3.63) is 16.3 Å². The molecule has 1 aliphatic heterocycles. The lowest BCUT2D eigenvalue weighted by Crippen LogP contribution is -2.38. The number of rotatable bonds is 1. The third kappa shape index (κ3) is 1.85. The Hall–Kier alpha value is -1.16. The number of piperidine rings is 1. The van der Waals surface area contributed by atoms with Gasteiger partial charge in [-0.25, -0.2) is 9.97 Å². The summed E-state index contributed by atoms with van der Waals surface area (Å²) in [5.74, 6) is 2.14. The van der Waals surface area contributed by atoms with E-state index >= 15 is 0 Å². The Kier molecular flexibility index (Phi) is 2.95. The fourth-order valence-corrected chi connectivity index (χ4v) is 5.00. The van der Waals surface area contributed by atoms with E-state index in [0.717, 1.165) is 12.4 Å². The fraction of sp³-hybridized carbons (Fsp3) is 0.625. The molecule has 0 radical (unpaired) electrons. The quantitative estimate of drug-likeness (QED) is 0.797. The summed E-state index contributed by atoms with van der Waals surface area (Å²) < 4.78 is 0. The number of thiophene rings is 1. The number of nitrogens with zero attached hydrogens (tertiary/aromatic N) is 3. The molecule has 20 heavy (non-hydrogen) atoms. The normalized spacial score (nSPS) is 22.5. The van der Waals surface area contributed by atoms with Crippen LogP contribution in [0.15, 0.2) is 0 Å². The van der Waals surface area contributed by atoms with Crippen molar-refractivity contribution in [2.75, 3.05) is 11.4 Å². The van der Waals surface area contributed by atoms with Crippen molar-refractivity contribution in [2.24, 2.45) is 0 Å². The molecule has 3 heterocycles. The van der Waals surface area contributed by atoms with Gasteiger partial charge in [0.25, 0.3) is 0 Å². The van der Waals surface area contributed by atoms with Crippen molar-refractivity contribution in [3.8, 4) is 0 Å². The van der Waals surface area contributed by atoms with Gasteiger partial charge in [0.1, 0.15) is 16.5 Å². The first-order valence-corrected chi connectivity index (χ1v) is 8.61. The lowest BCUT2D eigenvalue weighted by molar-refractivity contribution is 0.482. The first-order valence-electron chi connectivity index (χ1n) is 7.79. The first-order chi connectivity index (χ1) is 9.74. The van der Waals surface area contributed by atoms with Gasteiger partial charge in [-0.05, 0) is 57.9 Å². The van der Waals surface area contributed by atoms with Crippen LogP contribution in [0, 0.1) is 6.92 Å². The highest BCUT2D eigenvalue weighted by molar-refractivity contribution is 7.19. The molecule has 4 rings (SSSR count). The molecule has 4 heteroatoms. The topological polar surface area (TPSA) is 29.0 Å². The van der Waals surface area contributed by atoms with Gasteiger partial charge in [0.15, 0.2) is 0 Å². The smallest absolute Gasteiger partial charge is 0.141 e. The number of anilines is 1. The molecule has 2 aromatic rings. The van der Waals surface area contributed by atoms with Crippen LogP contribution < -0.4 is 4.90 Å². The van der Waals surface area contributed by atoms with Crippen molar-refractivity contribution in [2.45, 2.75) is 58.4 Å². The molecule has 1 atom stereocenters. The van der Waals surface area contributed by atoms with Crippen molar-refractivity contribution < 1.29 is 0 Å². The van der Waals surface area contributed by atoms with Crippen LogP contribution in [0.3, 0.4) is 0 Å². The van der Waals surface area contributed by atoms with Crippen LogP contribution in [0.1, 0.15) is 48.9 Å².